The Labute approximate surface area is 221 Å². The molecular weight excluding hydrogens is 518 g/mol. The van der Waals surface area contributed by atoms with Crippen LogP contribution in [0.3, 0.4) is 0 Å². The van der Waals surface area contributed by atoms with E-state index in [9.17, 15) is 19.2 Å². The summed E-state index contributed by atoms with van der Waals surface area (Å²) in [6.45, 7) is 3.79. The van der Waals surface area contributed by atoms with E-state index in [0.717, 1.165) is 16.4 Å². The second-order valence-corrected chi connectivity index (χ2v) is 9.38. The smallest absolute Gasteiger partial charge is 0.325 e. The first-order chi connectivity index (χ1) is 17.8. The lowest BCUT2D eigenvalue weighted by molar-refractivity contribution is -0.143. The number of amides is 3. The molecule has 0 saturated heterocycles. The molecule has 3 amide bonds. The van der Waals surface area contributed by atoms with Gasteiger partial charge < -0.3 is 31.2 Å². The van der Waals surface area contributed by atoms with Crippen LogP contribution in [0, 0.1) is 0 Å². The van der Waals surface area contributed by atoms with Gasteiger partial charge in [-0.3, -0.25) is 19.2 Å². The van der Waals surface area contributed by atoms with Gasteiger partial charge in [0.25, 0.3) is 11.8 Å². The van der Waals surface area contributed by atoms with Crippen molar-refractivity contribution >= 4 is 52.2 Å². The molecule has 0 aliphatic carbocycles. The topological polar surface area (TPSA) is 167 Å². The van der Waals surface area contributed by atoms with E-state index in [1.165, 1.54) is 16.2 Å². The van der Waals surface area contributed by atoms with Crippen LogP contribution in [-0.4, -0.2) is 52.7 Å². The number of nitrogens with two attached hydrogens (primary N) is 2. The third kappa shape index (κ3) is 6.83. The number of ether oxygens (including phenoxy) is 2. The summed E-state index contributed by atoms with van der Waals surface area (Å²) >= 11 is 2.12. The number of thiophene rings is 1. The summed E-state index contributed by atoms with van der Waals surface area (Å²) in [5, 5.41) is 4.40. The Kier molecular flexibility index (Phi) is 9.57. The van der Waals surface area contributed by atoms with Gasteiger partial charge in [-0.25, -0.2) is 0 Å². The molecular formula is C24H27N5O6S2. The number of hydrogen-bond acceptors (Lipinski definition) is 10. The second-order valence-electron chi connectivity index (χ2n) is 7.58. The molecule has 2 aromatic heterocycles. The Morgan fingerprint density at radius 2 is 1.84 bits per heavy atom. The number of benzene rings is 1. The Hall–Kier alpha value is -3.97. The van der Waals surface area contributed by atoms with Gasteiger partial charge in [0.1, 0.15) is 23.2 Å². The van der Waals surface area contributed by atoms with Gasteiger partial charge >= 0.3 is 5.97 Å². The molecule has 3 rings (SSSR count). The molecule has 13 heteroatoms. The number of hydrogen-bond donors (Lipinski definition) is 3. The number of nitrogens with one attached hydrogen (secondary N) is 1. The highest BCUT2D eigenvalue weighted by molar-refractivity contribution is 7.10. The molecule has 0 radical (unpaired) electrons. The predicted octanol–water partition coefficient (Wildman–Crippen LogP) is 2.35. The zero-order valence-corrected chi connectivity index (χ0v) is 21.9. The standard InChI is InChI=1S/C24H27N5O6S2/c1-3-34-15-9-7-14(8-10-15)20(23(32)27-12-17(30)35-4-2)29(13-16-6-5-11-36-16)24(33)21-18(25)19(22(26)31)28-37-21/h5-11,20H,3-4,12-13,25H2,1-2H3,(H2,26,31)(H,27,32)/t20-/m0/s1. The van der Waals surface area contributed by atoms with Crippen molar-refractivity contribution in [2.75, 3.05) is 25.5 Å². The van der Waals surface area contributed by atoms with E-state index >= 15 is 0 Å². The van der Waals surface area contributed by atoms with Crippen LogP contribution >= 0.6 is 22.9 Å². The summed E-state index contributed by atoms with van der Waals surface area (Å²) in [4.78, 5) is 53.0. The molecule has 3 aromatic rings. The van der Waals surface area contributed by atoms with Crippen LogP contribution in [0.2, 0.25) is 0 Å². The lowest BCUT2D eigenvalue weighted by Gasteiger charge is -2.31. The highest BCUT2D eigenvalue weighted by Crippen LogP contribution is 2.31. The molecule has 11 nitrogen and oxygen atoms in total. The van der Waals surface area contributed by atoms with E-state index in [-0.39, 0.29) is 36.0 Å². The number of esters is 1. The lowest BCUT2D eigenvalue weighted by atomic mass is 10.0. The first kappa shape index (κ1) is 27.6. The first-order valence-corrected chi connectivity index (χ1v) is 13.0. The zero-order valence-electron chi connectivity index (χ0n) is 20.3. The Balaban J connectivity index is 2.06. The van der Waals surface area contributed by atoms with Gasteiger partial charge in [-0.15, -0.1) is 11.3 Å². The summed E-state index contributed by atoms with van der Waals surface area (Å²) in [7, 11) is 0. The van der Waals surface area contributed by atoms with Gasteiger partial charge in [0, 0.05) is 4.88 Å². The highest BCUT2D eigenvalue weighted by atomic mass is 32.1. The number of aromatic nitrogens is 1. The largest absolute Gasteiger partial charge is 0.494 e. The van der Waals surface area contributed by atoms with Crippen molar-refractivity contribution in [3.63, 3.8) is 0 Å². The summed E-state index contributed by atoms with van der Waals surface area (Å²) in [5.74, 6) is -2.13. The minimum absolute atomic E-state index is 0.0283. The van der Waals surface area contributed by atoms with E-state index in [0.29, 0.717) is 17.9 Å². The van der Waals surface area contributed by atoms with E-state index in [1.807, 2.05) is 24.4 Å². The number of nitrogens with zero attached hydrogens (tertiary/aromatic N) is 2. The molecule has 0 fully saturated rings. The first-order valence-electron chi connectivity index (χ1n) is 11.3. The summed E-state index contributed by atoms with van der Waals surface area (Å²) in [5.41, 5.74) is 11.5. The van der Waals surface area contributed by atoms with Crippen molar-refractivity contribution in [2.45, 2.75) is 26.4 Å². The van der Waals surface area contributed by atoms with E-state index < -0.39 is 29.7 Å². The molecule has 0 aliphatic rings. The van der Waals surface area contributed by atoms with Crippen LogP contribution < -0.4 is 21.5 Å². The fraction of sp³-hybridized carbons (Fsp3) is 0.292. The lowest BCUT2D eigenvalue weighted by Crippen LogP contribution is -2.44. The number of carbonyl (C=O) groups excluding carboxylic acids is 4. The molecule has 0 bridgehead atoms. The quantitative estimate of drug-likeness (QED) is 0.292. The maximum absolute atomic E-state index is 13.8. The minimum Gasteiger partial charge on any atom is -0.494 e. The van der Waals surface area contributed by atoms with Crippen molar-refractivity contribution in [3.8, 4) is 5.75 Å². The molecule has 1 aromatic carbocycles. The molecule has 0 saturated carbocycles. The van der Waals surface area contributed by atoms with Crippen molar-refractivity contribution in [1.29, 1.82) is 0 Å². The summed E-state index contributed by atoms with van der Waals surface area (Å²) < 4.78 is 14.3. The molecule has 37 heavy (non-hydrogen) atoms. The van der Waals surface area contributed by atoms with E-state index in [2.05, 4.69) is 9.69 Å². The van der Waals surface area contributed by atoms with Crippen molar-refractivity contribution in [3.05, 3.63) is 62.8 Å². The molecule has 5 N–H and O–H groups in total. The average Bonchev–Trinajstić information content (AvgIpc) is 3.53. The van der Waals surface area contributed by atoms with Crippen LogP contribution in [0.1, 0.15) is 50.5 Å². The number of nitrogen functional groups attached to an aromatic ring is 1. The summed E-state index contributed by atoms with van der Waals surface area (Å²) in [6, 6.07) is 9.18. The third-order valence-corrected chi connectivity index (χ3v) is 6.81. The van der Waals surface area contributed by atoms with Gasteiger partial charge in [0.2, 0.25) is 5.91 Å². The zero-order chi connectivity index (χ0) is 26.9. The van der Waals surface area contributed by atoms with Gasteiger partial charge in [-0.1, -0.05) is 18.2 Å². The fourth-order valence-electron chi connectivity index (χ4n) is 3.46. The molecule has 196 valence electrons. The Bertz CT molecular complexity index is 1240. The van der Waals surface area contributed by atoms with Gasteiger partial charge in [0.05, 0.1) is 25.4 Å². The minimum atomic E-state index is -1.17. The van der Waals surface area contributed by atoms with Crippen LogP contribution in [0.25, 0.3) is 0 Å². The Morgan fingerprint density at radius 1 is 1.11 bits per heavy atom. The molecule has 1 atom stereocenters. The monoisotopic (exact) mass is 545 g/mol. The third-order valence-electron chi connectivity index (χ3n) is 5.10. The maximum atomic E-state index is 13.8. The maximum Gasteiger partial charge on any atom is 0.325 e. The molecule has 0 aliphatic heterocycles. The molecule has 2 heterocycles. The van der Waals surface area contributed by atoms with Crippen molar-refractivity contribution in [2.24, 2.45) is 5.73 Å². The van der Waals surface area contributed by atoms with Crippen molar-refractivity contribution < 1.29 is 28.7 Å². The Morgan fingerprint density at radius 3 is 2.41 bits per heavy atom. The SMILES string of the molecule is CCOC(=O)CNC(=O)[C@H](c1ccc(OCC)cc1)N(Cc1cccs1)C(=O)c1snc(C(N)=O)c1N. The predicted molar refractivity (Wildman–Crippen MR) is 139 cm³/mol. The van der Waals surface area contributed by atoms with E-state index in [4.69, 9.17) is 20.9 Å². The van der Waals surface area contributed by atoms with Crippen LogP contribution in [-0.2, 0) is 20.9 Å². The molecule has 0 unspecified atom stereocenters. The van der Waals surface area contributed by atoms with Crippen LogP contribution in [0.15, 0.2) is 41.8 Å². The van der Waals surface area contributed by atoms with Gasteiger partial charge in [0.15, 0.2) is 5.69 Å². The highest BCUT2D eigenvalue weighted by Gasteiger charge is 2.35. The summed E-state index contributed by atoms with van der Waals surface area (Å²) in [6.07, 6.45) is 0. The average molecular weight is 546 g/mol. The number of rotatable bonds is 12. The van der Waals surface area contributed by atoms with Crippen LogP contribution in [0.5, 0.6) is 5.75 Å². The van der Waals surface area contributed by atoms with Gasteiger partial charge in [-0.2, -0.15) is 4.37 Å². The fourth-order valence-corrected chi connectivity index (χ4v) is 4.93. The normalized spacial score (nSPS) is 11.4. The van der Waals surface area contributed by atoms with Crippen LogP contribution in [0.4, 0.5) is 5.69 Å². The van der Waals surface area contributed by atoms with Gasteiger partial charge in [-0.05, 0) is 54.5 Å². The number of anilines is 1. The van der Waals surface area contributed by atoms with E-state index in [1.54, 1.807) is 31.2 Å². The number of carbonyl (C=O) groups is 4. The molecule has 0 spiro atoms. The second kappa shape index (κ2) is 12.8. The number of primary amides is 1. The van der Waals surface area contributed by atoms with Crippen molar-refractivity contribution in [1.82, 2.24) is 14.6 Å².